The molecule has 26 heavy (non-hydrogen) atoms. The van der Waals surface area contributed by atoms with E-state index >= 15 is 0 Å². The molecular formula is C18H13BrClN3O3. The highest BCUT2D eigenvalue weighted by atomic mass is 79.9. The monoisotopic (exact) mass is 433 g/mol. The van der Waals surface area contributed by atoms with Gasteiger partial charge in [-0.05, 0) is 58.7 Å². The number of nitrogens with one attached hydrogen (secondary N) is 1. The van der Waals surface area contributed by atoms with Crippen molar-refractivity contribution >= 4 is 45.1 Å². The zero-order valence-corrected chi connectivity index (χ0v) is 15.9. The summed E-state index contributed by atoms with van der Waals surface area (Å²) in [6.45, 7) is 1.93. The van der Waals surface area contributed by atoms with E-state index in [9.17, 15) is 10.1 Å². The number of furan rings is 1. The van der Waals surface area contributed by atoms with Crippen LogP contribution in [0.5, 0.6) is 0 Å². The number of non-ortho nitro benzene ring substituents is 1. The summed E-state index contributed by atoms with van der Waals surface area (Å²) < 4.78 is 6.30. The highest BCUT2D eigenvalue weighted by molar-refractivity contribution is 9.10. The van der Waals surface area contributed by atoms with Crippen LogP contribution < -0.4 is 5.43 Å². The number of nitro benzene ring substituents is 1. The van der Waals surface area contributed by atoms with Crippen LogP contribution in [0.15, 0.2) is 62.5 Å². The first kappa shape index (κ1) is 18.2. The lowest BCUT2D eigenvalue weighted by atomic mass is 10.1. The zero-order valence-electron chi connectivity index (χ0n) is 13.6. The van der Waals surface area contributed by atoms with Gasteiger partial charge in [0.15, 0.2) is 0 Å². The third-order valence-corrected chi connectivity index (χ3v) is 4.68. The van der Waals surface area contributed by atoms with Gasteiger partial charge in [-0.1, -0.05) is 17.7 Å². The Morgan fingerprint density at radius 3 is 2.73 bits per heavy atom. The Hall–Kier alpha value is -2.64. The van der Waals surface area contributed by atoms with Crippen molar-refractivity contribution in [2.24, 2.45) is 5.10 Å². The molecule has 3 rings (SSSR count). The molecule has 6 nitrogen and oxygen atoms in total. The Morgan fingerprint density at radius 2 is 2.04 bits per heavy atom. The lowest BCUT2D eigenvalue weighted by Gasteiger charge is -2.02. The molecule has 2 aromatic carbocycles. The van der Waals surface area contributed by atoms with E-state index in [0.717, 1.165) is 11.3 Å². The van der Waals surface area contributed by atoms with Crippen LogP contribution in [0.1, 0.15) is 11.3 Å². The summed E-state index contributed by atoms with van der Waals surface area (Å²) in [4.78, 5) is 10.4. The Kier molecular flexibility index (Phi) is 5.39. The van der Waals surface area contributed by atoms with Crippen LogP contribution in [-0.2, 0) is 0 Å². The van der Waals surface area contributed by atoms with Gasteiger partial charge >= 0.3 is 0 Å². The second-order valence-corrected chi connectivity index (χ2v) is 6.72. The van der Waals surface area contributed by atoms with E-state index in [1.165, 1.54) is 18.3 Å². The highest BCUT2D eigenvalue weighted by Gasteiger charge is 2.12. The first-order valence-corrected chi connectivity index (χ1v) is 8.70. The maximum atomic E-state index is 10.8. The van der Waals surface area contributed by atoms with Crippen LogP contribution in [0, 0.1) is 17.0 Å². The van der Waals surface area contributed by atoms with E-state index < -0.39 is 4.92 Å². The summed E-state index contributed by atoms with van der Waals surface area (Å²) in [6.07, 6.45) is 1.54. The van der Waals surface area contributed by atoms with Crippen molar-refractivity contribution in [2.75, 3.05) is 5.43 Å². The van der Waals surface area contributed by atoms with Crippen LogP contribution in [0.3, 0.4) is 0 Å². The summed E-state index contributed by atoms with van der Waals surface area (Å²) in [5.41, 5.74) is 5.36. The molecule has 132 valence electrons. The van der Waals surface area contributed by atoms with Crippen LogP contribution >= 0.6 is 27.5 Å². The van der Waals surface area contributed by atoms with Crippen LogP contribution in [0.25, 0.3) is 11.3 Å². The van der Waals surface area contributed by atoms with Gasteiger partial charge in [-0.15, -0.1) is 0 Å². The molecule has 1 aromatic heterocycles. The summed E-state index contributed by atoms with van der Waals surface area (Å²) >= 11 is 9.40. The summed E-state index contributed by atoms with van der Waals surface area (Å²) in [5.74, 6) is 1.11. The lowest BCUT2D eigenvalue weighted by Crippen LogP contribution is -1.90. The van der Waals surface area contributed by atoms with Gasteiger partial charge in [0, 0.05) is 27.2 Å². The SMILES string of the molecule is Cc1ccc(NN=Cc2ccc(-c3ccc([N+](=O)[O-])cc3Br)o2)cc1Cl. The fourth-order valence-electron chi connectivity index (χ4n) is 2.22. The quantitative estimate of drug-likeness (QED) is 0.302. The molecule has 8 heteroatoms. The van der Waals surface area contributed by atoms with E-state index in [2.05, 4.69) is 26.5 Å². The van der Waals surface area contributed by atoms with Gasteiger partial charge in [-0.3, -0.25) is 15.5 Å². The Morgan fingerprint density at radius 1 is 1.23 bits per heavy atom. The molecule has 1 N–H and O–H groups in total. The minimum absolute atomic E-state index is 0.00919. The van der Waals surface area contributed by atoms with Crippen molar-refractivity contribution in [3.05, 3.63) is 79.5 Å². The number of aryl methyl sites for hydroxylation is 1. The molecule has 0 radical (unpaired) electrons. The second kappa shape index (κ2) is 7.72. The van der Waals surface area contributed by atoms with E-state index in [1.807, 2.05) is 19.1 Å². The number of anilines is 1. The van der Waals surface area contributed by atoms with E-state index in [0.29, 0.717) is 26.6 Å². The maximum absolute atomic E-state index is 10.8. The molecule has 1 heterocycles. The van der Waals surface area contributed by atoms with Gasteiger partial charge in [0.2, 0.25) is 0 Å². The Labute approximate surface area is 162 Å². The fraction of sp³-hybridized carbons (Fsp3) is 0.0556. The molecule has 0 aliphatic carbocycles. The maximum Gasteiger partial charge on any atom is 0.270 e. The minimum atomic E-state index is -0.447. The number of hydrazone groups is 1. The van der Waals surface area contributed by atoms with E-state index in [1.54, 1.807) is 24.3 Å². The molecule has 0 bridgehead atoms. The normalized spacial score (nSPS) is 11.0. The van der Waals surface area contributed by atoms with Crippen molar-refractivity contribution in [1.29, 1.82) is 0 Å². The van der Waals surface area contributed by atoms with Crippen molar-refractivity contribution < 1.29 is 9.34 Å². The van der Waals surface area contributed by atoms with Gasteiger partial charge in [0.1, 0.15) is 11.5 Å². The largest absolute Gasteiger partial charge is 0.455 e. The minimum Gasteiger partial charge on any atom is -0.455 e. The first-order valence-electron chi connectivity index (χ1n) is 7.53. The molecule has 0 unspecified atom stereocenters. The van der Waals surface area contributed by atoms with Crippen molar-refractivity contribution in [1.82, 2.24) is 0 Å². The van der Waals surface area contributed by atoms with Gasteiger partial charge in [-0.25, -0.2) is 0 Å². The van der Waals surface area contributed by atoms with Crippen molar-refractivity contribution in [2.45, 2.75) is 6.92 Å². The van der Waals surface area contributed by atoms with E-state index in [4.69, 9.17) is 16.0 Å². The van der Waals surface area contributed by atoms with E-state index in [-0.39, 0.29) is 5.69 Å². The molecule has 0 aliphatic rings. The van der Waals surface area contributed by atoms with Crippen LogP contribution in [0.4, 0.5) is 11.4 Å². The smallest absolute Gasteiger partial charge is 0.270 e. The summed E-state index contributed by atoms with van der Waals surface area (Å²) in [5, 5.41) is 15.6. The second-order valence-electron chi connectivity index (χ2n) is 5.46. The molecule has 0 saturated heterocycles. The number of halogens is 2. The van der Waals surface area contributed by atoms with Crippen molar-refractivity contribution in [3.8, 4) is 11.3 Å². The zero-order chi connectivity index (χ0) is 18.7. The average molecular weight is 435 g/mol. The molecule has 0 fully saturated rings. The third kappa shape index (κ3) is 4.12. The molecule has 0 spiro atoms. The summed E-state index contributed by atoms with van der Waals surface area (Å²) in [6, 6.07) is 13.6. The van der Waals surface area contributed by atoms with Crippen LogP contribution in [0.2, 0.25) is 5.02 Å². The molecule has 0 aliphatic heterocycles. The highest BCUT2D eigenvalue weighted by Crippen LogP contribution is 2.32. The van der Waals surface area contributed by atoms with Gasteiger partial charge in [0.25, 0.3) is 5.69 Å². The average Bonchev–Trinajstić information content (AvgIpc) is 3.06. The predicted octanol–water partition coefficient (Wildman–Crippen LogP) is 6.03. The van der Waals surface area contributed by atoms with Gasteiger partial charge < -0.3 is 4.42 Å². The first-order chi connectivity index (χ1) is 12.4. The molecule has 0 amide bonds. The fourth-order valence-corrected chi connectivity index (χ4v) is 2.96. The third-order valence-electron chi connectivity index (χ3n) is 3.61. The molecule has 0 saturated carbocycles. The number of nitrogens with zero attached hydrogens (tertiary/aromatic N) is 2. The standard InChI is InChI=1S/C18H13BrClN3O3/c1-11-2-3-12(8-17(11)20)22-21-10-14-5-7-18(26-14)15-6-4-13(23(24)25)9-16(15)19/h2-10,22H,1H3. The van der Waals surface area contributed by atoms with Crippen LogP contribution in [-0.4, -0.2) is 11.1 Å². The van der Waals surface area contributed by atoms with Crippen molar-refractivity contribution in [3.63, 3.8) is 0 Å². The number of hydrogen-bond acceptors (Lipinski definition) is 5. The molecular weight excluding hydrogens is 422 g/mol. The Bertz CT molecular complexity index is 1000. The van der Waals surface area contributed by atoms with Gasteiger partial charge in [0.05, 0.1) is 16.8 Å². The molecule has 3 aromatic rings. The number of benzene rings is 2. The number of rotatable bonds is 5. The van der Waals surface area contributed by atoms with Gasteiger partial charge in [-0.2, -0.15) is 5.10 Å². The number of nitro groups is 1. The molecule has 0 atom stereocenters. The summed E-state index contributed by atoms with van der Waals surface area (Å²) in [7, 11) is 0. The lowest BCUT2D eigenvalue weighted by molar-refractivity contribution is -0.384. The topological polar surface area (TPSA) is 80.7 Å². The number of hydrogen-bond donors (Lipinski definition) is 1. The Balaban J connectivity index is 1.73. The predicted molar refractivity (Wildman–Crippen MR) is 106 cm³/mol.